The summed E-state index contributed by atoms with van der Waals surface area (Å²) in [5.74, 6) is -5.31. The topological polar surface area (TPSA) is 224 Å². The van der Waals surface area contributed by atoms with E-state index >= 15 is 0 Å². The molecule has 3 N–H and O–H groups in total. The van der Waals surface area contributed by atoms with E-state index in [2.05, 4.69) is 20.8 Å². The Bertz CT molecular complexity index is 1960. The average Bonchev–Trinajstić information content (AvgIpc) is 3.65. The molecule has 20 heteroatoms. The molecule has 3 atom stereocenters. The molecule has 3 aromatic rings. The van der Waals surface area contributed by atoms with Crippen molar-refractivity contribution in [1.82, 2.24) is 30.6 Å². The van der Waals surface area contributed by atoms with Crippen molar-refractivity contribution in [2.45, 2.75) is 35.3 Å². The lowest BCUT2D eigenvalue weighted by Gasteiger charge is -2.56. The molecule has 2 aromatic carbocycles. The molecular weight excluding hydrogens is 741 g/mol. The van der Waals surface area contributed by atoms with Crippen LogP contribution in [0, 0.1) is 0 Å². The number of hydrogen-bond donors (Lipinski definition) is 3. The van der Waals surface area contributed by atoms with Gasteiger partial charge in [0.1, 0.15) is 22.6 Å². The van der Waals surface area contributed by atoms with Gasteiger partial charge < -0.3 is 30.0 Å². The van der Waals surface area contributed by atoms with Gasteiger partial charge in [-0.3, -0.25) is 33.8 Å². The molecule has 0 aliphatic carbocycles. The summed E-state index contributed by atoms with van der Waals surface area (Å²) < 4.78 is 16.3. The Morgan fingerprint density at radius 3 is 2.38 bits per heavy atom. The highest BCUT2D eigenvalue weighted by atomic mass is 32.2. The predicted octanol–water partition coefficient (Wildman–Crippen LogP) is 2.42. The maximum absolute atomic E-state index is 14.0. The van der Waals surface area contributed by atoms with E-state index in [9.17, 15) is 38.7 Å². The molecule has 0 saturated carbocycles. The van der Waals surface area contributed by atoms with Crippen molar-refractivity contribution in [1.29, 1.82) is 0 Å². The number of carbonyl (C=O) groups is 7. The van der Waals surface area contributed by atoms with Gasteiger partial charge in [-0.1, -0.05) is 53.4 Å². The monoisotopic (exact) mass is 770 g/mol. The molecular formula is C32H30N6O11S3. The molecule has 0 bridgehead atoms. The second-order valence-corrected chi connectivity index (χ2v) is 14.1. The molecule has 52 heavy (non-hydrogen) atoms. The molecule has 3 heterocycles. The number of amides is 5. The summed E-state index contributed by atoms with van der Waals surface area (Å²) in [4.78, 5) is 91.9. The Hall–Kier alpha value is -5.31. The van der Waals surface area contributed by atoms with Gasteiger partial charge in [0.2, 0.25) is 5.91 Å². The Labute approximate surface area is 308 Å². The van der Waals surface area contributed by atoms with Gasteiger partial charge >= 0.3 is 23.9 Å². The number of aromatic nitrogens is 2. The van der Waals surface area contributed by atoms with E-state index in [1.54, 1.807) is 35.8 Å². The first-order chi connectivity index (χ1) is 24.8. The summed E-state index contributed by atoms with van der Waals surface area (Å²) in [6.07, 6.45) is 0. The van der Waals surface area contributed by atoms with Crippen LogP contribution in [0.1, 0.15) is 35.8 Å². The van der Waals surface area contributed by atoms with Crippen LogP contribution < -0.4 is 20.1 Å². The molecule has 2 aliphatic rings. The highest BCUT2D eigenvalue weighted by Crippen LogP contribution is 2.47. The SMILES string of the molecule is CO[C@@]1(NC(=O)C(NC(=O)N(C)C(=O)c2ccc(OC(C)=O)c(OC(C)=O)c2)c2ccccc2)C(=O)N2C(C(=O)O)=C(CSc3nncs3)CS[C@H]21. The number of thioether (sulfide) groups is 2. The number of β-lactam (4-membered cyclic amide) rings is 1. The number of imide groups is 1. The summed E-state index contributed by atoms with van der Waals surface area (Å²) in [5, 5.41) is 22.0. The van der Waals surface area contributed by atoms with E-state index in [1.807, 2.05) is 0 Å². The lowest BCUT2D eigenvalue weighted by Crippen LogP contribution is -2.81. The summed E-state index contributed by atoms with van der Waals surface area (Å²) in [5.41, 5.74) is -0.0331. The van der Waals surface area contributed by atoms with Gasteiger partial charge in [0.15, 0.2) is 15.8 Å². The van der Waals surface area contributed by atoms with Gasteiger partial charge in [-0.05, 0) is 29.3 Å². The largest absolute Gasteiger partial charge is 0.477 e. The zero-order valence-corrected chi connectivity index (χ0v) is 30.3. The number of carboxylic acid groups (broad SMARTS) is 1. The number of rotatable bonds is 12. The predicted molar refractivity (Wildman–Crippen MR) is 185 cm³/mol. The quantitative estimate of drug-likeness (QED) is 0.0791. The van der Waals surface area contributed by atoms with Crippen molar-refractivity contribution in [3.05, 3.63) is 76.4 Å². The second-order valence-electron chi connectivity index (χ2n) is 11.0. The van der Waals surface area contributed by atoms with E-state index in [1.165, 1.54) is 54.1 Å². The third kappa shape index (κ3) is 7.78. The van der Waals surface area contributed by atoms with Crippen LogP contribution in [0.2, 0.25) is 0 Å². The van der Waals surface area contributed by atoms with Crippen molar-refractivity contribution in [2.75, 3.05) is 25.7 Å². The standard InChI is InChI=1S/C32H30N6O11S3/c1-16(39)48-21-11-10-19(12-22(21)49-17(2)40)26(42)37(3)30(46)34-23(18-8-6-5-7-9-18)25(41)35-32(47-4)28(45)38-24(27(43)44)20(13-50-29(32)38)14-51-31-36-33-15-52-31/h5-12,15,23,29H,13-14H2,1-4H3,(H,34,46)(H,35,41)(H,43,44)/t23?,29-,32-/m0/s1. The van der Waals surface area contributed by atoms with Gasteiger partial charge in [0.05, 0.1) is 0 Å². The van der Waals surface area contributed by atoms with Gasteiger partial charge in [-0.25, -0.2) is 9.59 Å². The average molecular weight is 771 g/mol. The van der Waals surface area contributed by atoms with E-state index in [-0.39, 0.29) is 39.8 Å². The van der Waals surface area contributed by atoms with Crippen LogP contribution in [0.3, 0.4) is 0 Å². The first kappa shape index (κ1) is 37.9. The fraction of sp³-hybridized carbons (Fsp3) is 0.281. The van der Waals surface area contributed by atoms with Gasteiger partial charge in [0, 0.05) is 45.1 Å². The number of ether oxygens (including phenoxy) is 3. The zero-order valence-electron chi connectivity index (χ0n) is 27.8. The van der Waals surface area contributed by atoms with Gasteiger partial charge in [0.25, 0.3) is 17.5 Å². The van der Waals surface area contributed by atoms with E-state index < -0.39 is 58.8 Å². The zero-order chi connectivity index (χ0) is 37.7. The molecule has 272 valence electrons. The molecule has 17 nitrogen and oxygen atoms in total. The van der Waals surface area contributed by atoms with Crippen LogP contribution in [-0.4, -0.2) is 104 Å². The lowest BCUT2D eigenvalue weighted by atomic mass is 9.97. The fourth-order valence-corrected chi connectivity index (χ4v) is 8.32. The van der Waals surface area contributed by atoms with Crippen LogP contribution in [0.15, 0.2) is 69.7 Å². The molecule has 1 saturated heterocycles. The van der Waals surface area contributed by atoms with Crippen molar-refractivity contribution in [3.63, 3.8) is 0 Å². The Balaban J connectivity index is 1.36. The summed E-state index contributed by atoms with van der Waals surface area (Å²) in [7, 11) is 2.34. The molecule has 1 fully saturated rings. The molecule has 2 aliphatic heterocycles. The minimum Gasteiger partial charge on any atom is -0.477 e. The fourth-order valence-electron chi connectivity index (χ4n) is 5.25. The molecule has 0 spiro atoms. The number of methoxy groups -OCH3 is 1. The number of hydrogen-bond acceptors (Lipinski definition) is 15. The van der Waals surface area contributed by atoms with Crippen molar-refractivity contribution in [2.24, 2.45) is 0 Å². The van der Waals surface area contributed by atoms with Crippen LogP contribution in [0.4, 0.5) is 4.79 Å². The summed E-state index contributed by atoms with van der Waals surface area (Å²) >= 11 is 3.76. The number of benzene rings is 2. The van der Waals surface area contributed by atoms with Gasteiger partial charge in [-0.15, -0.1) is 22.0 Å². The summed E-state index contributed by atoms with van der Waals surface area (Å²) in [6, 6.07) is 9.08. The van der Waals surface area contributed by atoms with Crippen molar-refractivity contribution >= 4 is 76.5 Å². The molecule has 5 rings (SSSR count). The first-order valence-corrected chi connectivity index (χ1v) is 18.0. The van der Waals surface area contributed by atoms with E-state index in [0.29, 0.717) is 14.8 Å². The summed E-state index contributed by atoms with van der Waals surface area (Å²) in [6.45, 7) is 2.25. The second kappa shape index (κ2) is 15.9. The number of nitrogens with zero attached hydrogens (tertiary/aromatic N) is 4. The number of carbonyl (C=O) groups excluding carboxylic acids is 6. The molecule has 5 amide bonds. The number of urea groups is 1. The Kier molecular flexibility index (Phi) is 11.6. The molecule has 1 aromatic heterocycles. The third-order valence-corrected chi connectivity index (χ3v) is 10.9. The first-order valence-electron chi connectivity index (χ1n) is 15.1. The molecule has 0 radical (unpaired) electrons. The van der Waals surface area contributed by atoms with Crippen LogP contribution in [0.25, 0.3) is 0 Å². The lowest BCUT2D eigenvalue weighted by molar-refractivity contribution is -0.192. The smallest absolute Gasteiger partial charge is 0.352 e. The van der Waals surface area contributed by atoms with Crippen LogP contribution >= 0.6 is 34.9 Å². The highest BCUT2D eigenvalue weighted by molar-refractivity contribution is 8.01. The van der Waals surface area contributed by atoms with E-state index in [4.69, 9.17) is 14.2 Å². The number of esters is 2. The van der Waals surface area contributed by atoms with Crippen LogP contribution in [0.5, 0.6) is 11.5 Å². The van der Waals surface area contributed by atoms with Gasteiger partial charge in [-0.2, -0.15) is 0 Å². The minimum atomic E-state index is -1.99. The van der Waals surface area contributed by atoms with Crippen molar-refractivity contribution in [3.8, 4) is 11.5 Å². The minimum absolute atomic E-state index is 0.123. The Morgan fingerprint density at radius 2 is 1.77 bits per heavy atom. The number of aliphatic carboxylic acids is 1. The number of fused-ring (bicyclic) bond motifs is 1. The Morgan fingerprint density at radius 1 is 1.08 bits per heavy atom. The number of carboxylic acids is 1. The normalized spacial score (nSPS) is 18.3. The van der Waals surface area contributed by atoms with E-state index in [0.717, 1.165) is 31.9 Å². The third-order valence-electron chi connectivity index (χ3n) is 7.62. The van der Waals surface area contributed by atoms with Crippen molar-refractivity contribution < 1.29 is 52.9 Å². The highest BCUT2D eigenvalue weighted by Gasteiger charge is 2.67. The molecule has 1 unspecified atom stereocenters. The maximum atomic E-state index is 14.0. The number of nitrogens with one attached hydrogen (secondary N) is 2. The van der Waals surface area contributed by atoms with Crippen LogP contribution in [-0.2, 0) is 28.7 Å². The maximum Gasteiger partial charge on any atom is 0.352 e.